The molecule has 0 saturated heterocycles. The van der Waals surface area contributed by atoms with Gasteiger partial charge in [-0.2, -0.15) is 0 Å². The van der Waals surface area contributed by atoms with Crippen LogP contribution in [-0.2, 0) is 0 Å². The molecule has 0 heteroatoms. The van der Waals surface area contributed by atoms with E-state index in [1.54, 1.807) is 0 Å². The van der Waals surface area contributed by atoms with E-state index in [0.29, 0.717) is 5.92 Å². The summed E-state index contributed by atoms with van der Waals surface area (Å²) in [6, 6.07) is 19.3. The number of benzene rings is 2. The van der Waals surface area contributed by atoms with Gasteiger partial charge in [-0.1, -0.05) is 94.3 Å². The van der Waals surface area contributed by atoms with Gasteiger partial charge in [0.25, 0.3) is 0 Å². The summed E-state index contributed by atoms with van der Waals surface area (Å²) < 4.78 is 0. The van der Waals surface area contributed by atoms with E-state index in [1.807, 2.05) is 0 Å². The predicted octanol–water partition coefficient (Wildman–Crippen LogP) is 6.58. The number of unbranched alkanes of at least 4 members (excludes halogenated alkanes) is 2. The summed E-state index contributed by atoms with van der Waals surface area (Å²) in [5.74, 6) is 0.569. The quantitative estimate of drug-likeness (QED) is 0.501. The molecular formula is C21H26. The molecule has 2 aromatic rings. The van der Waals surface area contributed by atoms with Gasteiger partial charge in [0.05, 0.1) is 0 Å². The van der Waals surface area contributed by atoms with Crippen LogP contribution < -0.4 is 0 Å². The van der Waals surface area contributed by atoms with Gasteiger partial charge in [0.1, 0.15) is 0 Å². The second kappa shape index (κ2) is 7.83. The number of rotatable bonds is 7. The molecule has 0 radical (unpaired) electrons. The molecule has 2 aromatic carbocycles. The first-order valence-corrected chi connectivity index (χ1v) is 8.07. The second-order valence-electron chi connectivity index (χ2n) is 5.87. The molecule has 0 aliphatic rings. The zero-order valence-electron chi connectivity index (χ0n) is 13.3. The topological polar surface area (TPSA) is 0 Å². The van der Waals surface area contributed by atoms with E-state index in [2.05, 4.69) is 75.0 Å². The van der Waals surface area contributed by atoms with Gasteiger partial charge in [0.15, 0.2) is 0 Å². The summed E-state index contributed by atoms with van der Waals surface area (Å²) in [7, 11) is 0. The van der Waals surface area contributed by atoms with Crippen molar-refractivity contribution in [3.63, 3.8) is 0 Å². The average molecular weight is 278 g/mol. The minimum Gasteiger partial charge on any atom is -0.0950 e. The molecule has 0 aliphatic heterocycles. The molecule has 1 unspecified atom stereocenters. The van der Waals surface area contributed by atoms with Crippen LogP contribution in [0, 0.1) is 5.92 Å². The van der Waals surface area contributed by atoms with Crippen LogP contribution in [0.25, 0.3) is 16.7 Å². The van der Waals surface area contributed by atoms with Gasteiger partial charge in [-0.3, -0.25) is 0 Å². The van der Waals surface area contributed by atoms with Crippen LogP contribution >= 0.6 is 0 Å². The van der Waals surface area contributed by atoms with Crippen LogP contribution in [0.1, 0.15) is 45.1 Å². The van der Waals surface area contributed by atoms with Crippen molar-refractivity contribution < 1.29 is 0 Å². The Balaban J connectivity index is 2.03. The zero-order chi connectivity index (χ0) is 15.1. The van der Waals surface area contributed by atoms with Crippen LogP contribution in [0.3, 0.4) is 0 Å². The lowest BCUT2D eigenvalue weighted by Gasteiger charge is -2.15. The minimum absolute atomic E-state index is 0.569. The average Bonchev–Trinajstić information content (AvgIpc) is 2.55. The molecule has 0 fully saturated rings. The minimum atomic E-state index is 0.569. The van der Waals surface area contributed by atoms with Crippen LogP contribution in [0.5, 0.6) is 0 Å². The highest BCUT2D eigenvalue weighted by molar-refractivity contribution is 5.70. The van der Waals surface area contributed by atoms with Crippen molar-refractivity contribution in [3.05, 3.63) is 66.7 Å². The van der Waals surface area contributed by atoms with E-state index < -0.39 is 0 Å². The van der Waals surface area contributed by atoms with E-state index in [1.165, 1.54) is 47.9 Å². The first-order chi connectivity index (χ1) is 10.2. The molecule has 2 rings (SSSR count). The molecule has 0 amide bonds. The Morgan fingerprint density at radius 3 is 2.14 bits per heavy atom. The summed E-state index contributed by atoms with van der Waals surface area (Å²) in [5.41, 5.74) is 5.08. The maximum atomic E-state index is 4.31. The first-order valence-electron chi connectivity index (χ1n) is 8.07. The van der Waals surface area contributed by atoms with Crippen molar-refractivity contribution in [1.82, 2.24) is 0 Å². The van der Waals surface area contributed by atoms with E-state index in [0.717, 1.165) is 0 Å². The van der Waals surface area contributed by atoms with Gasteiger partial charge in [-0.15, -0.1) is 0 Å². The zero-order valence-corrected chi connectivity index (χ0v) is 13.3. The second-order valence-corrected chi connectivity index (χ2v) is 5.87. The van der Waals surface area contributed by atoms with Crippen molar-refractivity contribution in [2.24, 2.45) is 5.92 Å². The number of allylic oxidation sites excluding steroid dienone is 1. The molecule has 0 nitrogen and oxygen atoms in total. The number of hydrogen-bond acceptors (Lipinski definition) is 0. The summed E-state index contributed by atoms with van der Waals surface area (Å²) in [4.78, 5) is 0. The maximum Gasteiger partial charge on any atom is -0.0184 e. The summed E-state index contributed by atoms with van der Waals surface area (Å²) >= 11 is 0. The third-order valence-corrected chi connectivity index (χ3v) is 4.20. The molecule has 0 spiro atoms. The third-order valence-electron chi connectivity index (χ3n) is 4.20. The molecule has 0 N–H and O–H groups in total. The summed E-state index contributed by atoms with van der Waals surface area (Å²) in [5, 5.41) is 0. The third kappa shape index (κ3) is 4.32. The lowest BCUT2D eigenvalue weighted by molar-refractivity contribution is 0.587. The van der Waals surface area contributed by atoms with Gasteiger partial charge >= 0.3 is 0 Å². The van der Waals surface area contributed by atoms with Gasteiger partial charge in [0.2, 0.25) is 0 Å². The molecule has 0 bridgehead atoms. The normalized spacial score (nSPS) is 12.1. The summed E-state index contributed by atoms with van der Waals surface area (Å²) in [6.07, 6.45) is 5.15. The molecular weight excluding hydrogens is 252 g/mol. The van der Waals surface area contributed by atoms with E-state index in [4.69, 9.17) is 0 Å². The smallest absolute Gasteiger partial charge is 0.0184 e. The molecule has 0 aromatic heterocycles. The Hall–Kier alpha value is -1.82. The lowest BCUT2D eigenvalue weighted by Crippen LogP contribution is -1.98. The van der Waals surface area contributed by atoms with Crippen molar-refractivity contribution in [1.29, 1.82) is 0 Å². The monoisotopic (exact) mass is 278 g/mol. The maximum absolute atomic E-state index is 4.31. The first kappa shape index (κ1) is 15.6. The molecule has 0 aliphatic carbocycles. The van der Waals surface area contributed by atoms with Crippen molar-refractivity contribution in [3.8, 4) is 11.1 Å². The van der Waals surface area contributed by atoms with E-state index in [9.17, 15) is 0 Å². The largest absolute Gasteiger partial charge is 0.0950 e. The molecule has 0 heterocycles. The van der Waals surface area contributed by atoms with Crippen LogP contribution in [0.2, 0.25) is 0 Å². The van der Waals surface area contributed by atoms with Gasteiger partial charge in [-0.05, 0) is 34.6 Å². The Bertz CT molecular complexity index is 548. The Morgan fingerprint density at radius 2 is 1.52 bits per heavy atom. The van der Waals surface area contributed by atoms with E-state index >= 15 is 0 Å². The van der Waals surface area contributed by atoms with E-state index in [-0.39, 0.29) is 0 Å². The van der Waals surface area contributed by atoms with Crippen LogP contribution in [0.15, 0.2) is 61.2 Å². The summed E-state index contributed by atoms with van der Waals surface area (Å²) in [6.45, 7) is 8.85. The van der Waals surface area contributed by atoms with Crippen LogP contribution in [0.4, 0.5) is 0 Å². The highest BCUT2D eigenvalue weighted by Crippen LogP contribution is 2.28. The fourth-order valence-corrected chi connectivity index (χ4v) is 2.67. The predicted molar refractivity (Wildman–Crippen MR) is 94.2 cm³/mol. The van der Waals surface area contributed by atoms with Gasteiger partial charge < -0.3 is 0 Å². The molecule has 1 atom stereocenters. The highest BCUT2D eigenvalue weighted by atomic mass is 14.1. The Kier molecular flexibility index (Phi) is 5.80. The Morgan fingerprint density at radius 1 is 0.905 bits per heavy atom. The van der Waals surface area contributed by atoms with Gasteiger partial charge in [0, 0.05) is 0 Å². The molecule has 110 valence electrons. The fraction of sp³-hybridized carbons (Fsp3) is 0.333. The highest BCUT2D eigenvalue weighted by Gasteiger charge is 2.08. The Labute approximate surface area is 129 Å². The standard InChI is InChI=1S/C21H26/c1-4-5-7-10-17(2)18(3)19-13-15-21(16-14-19)20-11-8-6-9-12-20/h6,8-9,11-17H,3-5,7,10H2,1-2H3. The van der Waals surface area contributed by atoms with Crippen LogP contribution in [-0.4, -0.2) is 0 Å². The lowest BCUT2D eigenvalue weighted by atomic mass is 9.90. The van der Waals surface area contributed by atoms with Crippen molar-refractivity contribution in [2.45, 2.75) is 39.5 Å². The SMILES string of the molecule is C=C(c1ccc(-c2ccccc2)cc1)C(C)CCCCC. The van der Waals surface area contributed by atoms with Crippen molar-refractivity contribution in [2.75, 3.05) is 0 Å². The van der Waals surface area contributed by atoms with Crippen molar-refractivity contribution >= 4 is 5.57 Å². The fourth-order valence-electron chi connectivity index (χ4n) is 2.67. The number of hydrogen-bond donors (Lipinski definition) is 0. The molecule has 0 saturated carbocycles. The molecule has 21 heavy (non-hydrogen) atoms. The van der Waals surface area contributed by atoms with Gasteiger partial charge in [-0.25, -0.2) is 0 Å².